The average Bonchev–Trinajstić information content (AvgIpc) is 2.46. The van der Waals surface area contributed by atoms with Crippen molar-refractivity contribution < 1.29 is 4.74 Å². The highest BCUT2D eigenvalue weighted by atomic mass is 16.5. The summed E-state index contributed by atoms with van der Waals surface area (Å²) >= 11 is 0. The molecular formula is C16H25NO. The molecule has 1 N–H and O–H groups in total. The lowest BCUT2D eigenvalue weighted by molar-refractivity contribution is 0.0540. The van der Waals surface area contributed by atoms with E-state index in [-0.39, 0.29) is 0 Å². The Morgan fingerprint density at radius 2 is 2.11 bits per heavy atom. The van der Waals surface area contributed by atoms with Crippen molar-refractivity contribution in [1.29, 1.82) is 0 Å². The highest BCUT2D eigenvalue weighted by Gasteiger charge is 2.14. The smallest absolute Gasteiger partial charge is 0.0506 e. The minimum atomic E-state index is 0.429. The fourth-order valence-corrected chi connectivity index (χ4v) is 2.47. The first-order chi connectivity index (χ1) is 8.79. The van der Waals surface area contributed by atoms with Crippen LogP contribution in [0.3, 0.4) is 0 Å². The molecule has 0 saturated carbocycles. The van der Waals surface area contributed by atoms with Crippen LogP contribution in [0.25, 0.3) is 0 Å². The lowest BCUT2D eigenvalue weighted by atomic mass is 10.0. The number of rotatable bonds is 5. The van der Waals surface area contributed by atoms with Gasteiger partial charge in [-0.15, -0.1) is 0 Å². The van der Waals surface area contributed by atoms with Gasteiger partial charge in [0.15, 0.2) is 0 Å². The summed E-state index contributed by atoms with van der Waals surface area (Å²) < 4.78 is 5.51. The number of hydrogen-bond acceptors (Lipinski definition) is 2. The van der Waals surface area contributed by atoms with Crippen LogP contribution in [0.5, 0.6) is 0 Å². The molecule has 100 valence electrons. The van der Waals surface area contributed by atoms with Gasteiger partial charge < -0.3 is 10.1 Å². The Labute approximate surface area is 111 Å². The van der Waals surface area contributed by atoms with Crippen LogP contribution < -0.4 is 5.32 Å². The Morgan fingerprint density at radius 1 is 1.33 bits per heavy atom. The standard InChI is InChI=1S/C16H25NO/c1-3-14-6-8-16(9-7-14)13(2)17-11-15-5-4-10-18-12-15/h6-9,13,15,17H,3-5,10-12H2,1-2H3. The summed E-state index contributed by atoms with van der Waals surface area (Å²) in [5, 5.41) is 3.63. The van der Waals surface area contributed by atoms with Crippen molar-refractivity contribution >= 4 is 0 Å². The molecular weight excluding hydrogens is 222 g/mol. The molecule has 2 rings (SSSR count). The van der Waals surface area contributed by atoms with Gasteiger partial charge in [0.05, 0.1) is 6.61 Å². The van der Waals surface area contributed by atoms with E-state index >= 15 is 0 Å². The van der Waals surface area contributed by atoms with Crippen LogP contribution in [0, 0.1) is 5.92 Å². The maximum atomic E-state index is 5.51. The first-order valence-corrected chi connectivity index (χ1v) is 7.19. The Hall–Kier alpha value is -0.860. The average molecular weight is 247 g/mol. The van der Waals surface area contributed by atoms with Gasteiger partial charge in [0.25, 0.3) is 0 Å². The molecule has 1 fully saturated rings. The maximum Gasteiger partial charge on any atom is 0.0506 e. The molecule has 1 aliphatic rings. The minimum Gasteiger partial charge on any atom is -0.381 e. The predicted octanol–water partition coefficient (Wildman–Crippen LogP) is 3.33. The first-order valence-electron chi connectivity index (χ1n) is 7.19. The second kappa shape index (κ2) is 6.91. The topological polar surface area (TPSA) is 21.3 Å². The van der Waals surface area contributed by atoms with Crippen molar-refractivity contribution in [3.8, 4) is 0 Å². The van der Waals surface area contributed by atoms with Gasteiger partial charge in [-0.05, 0) is 43.2 Å². The predicted molar refractivity (Wildman–Crippen MR) is 75.8 cm³/mol. The van der Waals surface area contributed by atoms with E-state index in [2.05, 4.69) is 43.4 Å². The van der Waals surface area contributed by atoms with Crippen molar-refractivity contribution in [2.75, 3.05) is 19.8 Å². The Balaban J connectivity index is 1.80. The Kier molecular flexibility index (Phi) is 5.21. The molecule has 0 aliphatic carbocycles. The lowest BCUT2D eigenvalue weighted by Gasteiger charge is -2.24. The summed E-state index contributed by atoms with van der Waals surface area (Å²) in [5.74, 6) is 0.691. The molecule has 0 radical (unpaired) electrons. The molecule has 2 heteroatoms. The summed E-state index contributed by atoms with van der Waals surface area (Å²) in [7, 11) is 0. The van der Waals surface area contributed by atoms with Crippen molar-refractivity contribution in [3.05, 3.63) is 35.4 Å². The summed E-state index contributed by atoms with van der Waals surface area (Å²) in [6.07, 6.45) is 3.63. The van der Waals surface area contributed by atoms with Crippen LogP contribution in [0.4, 0.5) is 0 Å². The third-order valence-electron chi connectivity index (χ3n) is 3.86. The largest absolute Gasteiger partial charge is 0.381 e. The van der Waals surface area contributed by atoms with Crippen LogP contribution in [0.1, 0.15) is 43.9 Å². The first kappa shape index (κ1) is 13.6. The third kappa shape index (κ3) is 3.82. The summed E-state index contributed by atoms with van der Waals surface area (Å²) in [5.41, 5.74) is 2.79. The normalized spacial score (nSPS) is 21.8. The molecule has 0 amide bonds. The molecule has 0 aromatic heterocycles. The maximum absolute atomic E-state index is 5.51. The SMILES string of the molecule is CCc1ccc(C(C)NCC2CCCOC2)cc1. The summed E-state index contributed by atoms with van der Waals surface area (Å²) in [6.45, 7) is 7.38. The Morgan fingerprint density at radius 3 is 2.72 bits per heavy atom. The highest BCUT2D eigenvalue weighted by Crippen LogP contribution is 2.16. The van der Waals surface area contributed by atoms with Gasteiger partial charge in [-0.3, -0.25) is 0 Å². The van der Waals surface area contributed by atoms with Crippen molar-refractivity contribution in [3.63, 3.8) is 0 Å². The van der Waals surface area contributed by atoms with Gasteiger partial charge in [-0.2, -0.15) is 0 Å². The molecule has 1 saturated heterocycles. The van der Waals surface area contributed by atoms with Crippen LogP contribution in [-0.2, 0) is 11.2 Å². The second-order valence-corrected chi connectivity index (χ2v) is 5.31. The molecule has 1 aromatic carbocycles. The summed E-state index contributed by atoms with van der Waals surface area (Å²) in [6, 6.07) is 9.38. The molecule has 1 heterocycles. The van der Waals surface area contributed by atoms with Crippen molar-refractivity contribution in [2.24, 2.45) is 5.92 Å². The van der Waals surface area contributed by atoms with E-state index < -0.39 is 0 Å². The van der Waals surface area contributed by atoms with E-state index in [1.54, 1.807) is 0 Å². The van der Waals surface area contributed by atoms with Crippen LogP contribution >= 0.6 is 0 Å². The van der Waals surface area contributed by atoms with E-state index in [4.69, 9.17) is 4.74 Å². The second-order valence-electron chi connectivity index (χ2n) is 5.31. The molecule has 2 atom stereocenters. The van der Waals surface area contributed by atoms with E-state index in [9.17, 15) is 0 Å². The fourth-order valence-electron chi connectivity index (χ4n) is 2.47. The molecule has 2 unspecified atom stereocenters. The summed E-state index contributed by atoms with van der Waals surface area (Å²) in [4.78, 5) is 0. The third-order valence-corrected chi connectivity index (χ3v) is 3.86. The lowest BCUT2D eigenvalue weighted by Crippen LogP contribution is -2.30. The van der Waals surface area contributed by atoms with E-state index in [1.165, 1.54) is 24.0 Å². The zero-order valence-corrected chi connectivity index (χ0v) is 11.6. The number of benzene rings is 1. The van der Waals surface area contributed by atoms with E-state index in [0.29, 0.717) is 12.0 Å². The highest BCUT2D eigenvalue weighted by molar-refractivity contribution is 5.24. The zero-order chi connectivity index (χ0) is 12.8. The molecule has 0 bridgehead atoms. The minimum absolute atomic E-state index is 0.429. The number of hydrogen-bond donors (Lipinski definition) is 1. The van der Waals surface area contributed by atoms with Crippen molar-refractivity contribution in [1.82, 2.24) is 5.32 Å². The number of nitrogens with one attached hydrogen (secondary N) is 1. The van der Waals surface area contributed by atoms with Gasteiger partial charge in [-0.25, -0.2) is 0 Å². The van der Waals surface area contributed by atoms with E-state index in [1.807, 2.05) is 0 Å². The van der Waals surface area contributed by atoms with Gasteiger partial charge in [0, 0.05) is 19.2 Å². The fraction of sp³-hybridized carbons (Fsp3) is 0.625. The van der Waals surface area contributed by atoms with Crippen LogP contribution in [-0.4, -0.2) is 19.8 Å². The molecule has 1 aliphatic heterocycles. The number of aryl methyl sites for hydroxylation is 1. The van der Waals surface area contributed by atoms with Crippen LogP contribution in [0.2, 0.25) is 0 Å². The Bertz CT molecular complexity index is 341. The molecule has 2 nitrogen and oxygen atoms in total. The molecule has 0 spiro atoms. The molecule has 18 heavy (non-hydrogen) atoms. The van der Waals surface area contributed by atoms with Gasteiger partial charge in [0.2, 0.25) is 0 Å². The van der Waals surface area contributed by atoms with Gasteiger partial charge in [-0.1, -0.05) is 31.2 Å². The van der Waals surface area contributed by atoms with Gasteiger partial charge >= 0.3 is 0 Å². The quantitative estimate of drug-likeness (QED) is 0.861. The van der Waals surface area contributed by atoms with E-state index in [0.717, 1.165) is 26.2 Å². The van der Waals surface area contributed by atoms with Crippen LogP contribution in [0.15, 0.2) is 24.3 Å². The number of ether oxygens (including phenoxy) is 1. The van der Waals surface area contributed by atoms with Crippen molar-refractivity contribution in [2.45, 2.75) is 39.2 Å². The molecule has 1 aromatic rings. The zero-order valence-electron chi connectivity index (χ0n) is 11.6. The van der Waals surface area contributed by atoms with Gasteiger partial charge in [0.1, 0.15) is 0 Å². The monoisotopic (exact) mass is 247 g/mol.